The molecule has 0 spiro atoms. The number of fused-ring (bicyclic) bond motifs is 1. The van der Waals surface area contributed by atoms with E-state index in [0.29, 0.717) is 10.9 Å². The van der Waals surface area contributed by atoms with Crippen molar-refractivity contribution < 1.29 is 33.4 Å². The van der Waals surface area contributed by atoms with E-state index in [1.807, 2.05) is 0 Å². The lowest BCUT2D eigenvalue weighted by Crippen LogP contribution is -2.50. The predicted molar refractivity (Wildman–Crippen MR) is 97.2 cm³/mol. The Bertz CT molecular complexity index is 891. The number of carbonyl (C=O) groups excluding carboxylic acids is 4. The number of esters is 3. The van der Waals surface area contributed by atoms with Crippen molar-refractivity contribution in [2.75, 3.05) is 21.3 Å². The number of rotatable bonds is 7. The molecule has 0 fully saturated rings. The summed E-state index contributed by atoms with van der Waals surface area (Å²) in [5, 5.41) is 3.03. The molecule has 0 unspecified atom stereocenters. The van der Waals surface area contributed by atoms with Crippen LogP contribution >= 0.6 is 0 Å². The lowest BCUT2D eigenvalue weighted by atomic mass is 9.95. The minimum atomic E-state index is -1.45. The van der Waals surface area contributed by atoms with Crippen LogP contribution in [0.3, 0.4) is 0 Å². The molecule has 0 radical (unpaired) electrons. The Labute approximate surface area is 161 Å². The number of para-hydroxylation sites is 1. The smallest absolute Gasteiger partial charge is 0.329 e. The van der Waals surface area contributed by atoms with Crippen molar-refractivity contribution in [3.63, 3.8) is 0 Å². The molecule has 0 saturated heterocycles. The van der Waals surface area contributed by atoms with Gasteiger partial charge in [-0.25, -0.2) is 4.79 Å². The zero-order valence-corrected chi connectivity index (χ0v) is 15.6. The number of amides is 1. The molecule has 1 aromatic carbocycles. The van der Waals surface area contributed by atoms with Gasteiger partial charge in [0.15, 0.2) is 0 Å². The van der Waals surface area contributed by atoms with Crippen molar-refractivity contribution in [3.8, 4) is 0 Å². The second kappa shape index (κ2) is 9.45. The molecule has 2 atom stereocenters. The first-order valence-corrected chi connectivity index (χ1v) is 8.30. The van der Waals surface area contributed by atoms with Crippen molar-refractivity contribution in [2.24, 2.45) is 5.92 Å². The molecule has 9 heteroatoms. The standard InChI is InChI=1S/C19H20N2O7/c1-26-15(22)10-13(18(24)27-2)16(19(25)28-3)21-17(23)12-8-9-20-14-7-5-4-6-11(12)14/h4-9,13,16H,10H2,1-3H3,(H,21,23)/t13-,16+/m0/s1. The summed E-state index contributed by atoms with van der Waals surface area (Å²) in [6, 6.07) is 7.00. The van der Waals surface area contributed by atoms with Crippen molar-refractivity contribution in [2.45, 2.75) is 12.5 Å². The Balaban J connectivity index is 2.39. The topological polar surface area (TPSA) is 121 Å². The highest BCUT2D eigenvalue weighted by Crippen LogP contribution is 2.19. The fourth-order valence-electron chi connectivity index (χ4n) is 2.72. The normalized spacial score (nSPS) is 12.5. The van der Waals surface area contributed by atoms with E-state index in [4.69, 9.17) is 4.74 Å². The van der Waals surface area contributed by atoms with Gasteiger partial charge in [-0.05, 0) is 12.1 Å². The molecule has 2 rings (SSSR count). The molecule has 0 aliphatic heterocycles. The predicted octanol–water partition coefficient (Wildman–Crippen LogP) is 0.858. The van der Waals surface area contributed by atoms with Crippen LogP contribution in [0, 0.1) is 5.92 Å². The maximum Gasteiger partial charge on any atom is 0.329 e. The minimum absolute atomic E-state index is 0.251. The molecule has 1 aromatic heterocycles. The molecule has 0 aliphatic carbocycles. The average molecular weight is 388 g/mol. The molecular weight excluding hydrogens is 368 g/mol. The Morgan fingerprint density at radius 2 is 1.64 bits per heavy atom. The van der Waals surface area contributed by atoms with Crippen LogP contribution in [0.15, 0.2) is 36.5 Å². The van der Waals surface area contributed by atoms with E-state index in [-0.39, 0.29) is 5.56 Å². The van der Waals surface area contributed by atoms with Gasteiger partial charge in [0.1, 0.15) is 6.04 Å². The third-order valence-corrected chi connectivity index (χ3v) is 4.16. The highest BCUT2D eigenvalue weighted by atomic mass is 16.5. The Morgan fingerprint density at radius 1 is 0.964 bits per heavy atom. The van der Waals surface area contributed by atoms with E-state index in [2.05, 4.69) is 19.8 Å². The number of hydrogen-bond donors (Lipinski definition) is 1. The minimum Gasteiger partial charge on any atom is -0.469 e. The summed E-state index contributed by atoms with van der Waals surface area (Å²) in [7, 11) is 3.36. The lowest BCUT2D eigenvalue weighted by molar-refractivity contribution is -0.158. The average Bonchev–Trinajstić information content (AvgIpc) is 2.74. The zero-order valence-electron chi connectivity index (χ0n) is 15.6. The molecule has 0 aliphatic rings. The molecule has 148 valence electrons. The van der Waals surface area contributed by atoms with Crippen LogP contribution in [0.4, 0.5) is 0 Å². The summed E-state index contributed by atoms with van der Waals surface area (Å²) in [5.41, 5.74) is 0.838. The van der Waals surface area contributed by atoms with Gasteiger partial charge in [0.2, 0.25) is 0 Å². The van der Waals surface area contributed by atoms with Crippen LogP contribution in [0.25, 0.3) is 10.9 Å². The Kier molecular flexibility index (Phi) is 7.02. The number of hydrogen-bond acceptors (Lipinski definition) is 8. The fraction of sp³-hybridized carbons (Fsp3) is 0.316. The molecular formula is C19H20N2O7. The maximum atomic E-state index is 12.8. The van der Waals surface area contributed by atoms with Gasteiger partial charge >= 0.3 is 17.9 Å². The third-order valence-electron chi connectivity index (χ3n) is 4.16. The number of methoxy groups -OCH3 is 3. The number of pyridine rings is 1. The monoisotopic (exact) mass is 388 g/mol. The van der Waals surface area contributed by atoms with Gasteiger partial charge in [-0.15, -0.1) is 0 Å². The van der Waals surface area contributed by atoms with E-state index < -0.39 is 42.2 Å². The van der Waals surface area contributed by atoms with Gasteiger partial charge in [0.25, 0.3) is 5.91 Å². The van der Waals surface area contributed by atoms with Gasteiger partial charge in [-0.1, -0.05) is 18.2 Å². The van der Waals surface area contributed by atoms with Crippen molar-refractivity contribution in [1.82, 2.24) is 10.3 Å². The van der Waals surface area contributed by atoms with Crippen molar-refractivity contribution in [1.29, 1.82) is 0 Å². The molecule has 1 N–H and O–H groups in total. The molecule has 28 heavy (non-hydrogen) atoms. The second-order valence-electron chi connectivity index (χ2n) is 5.76. The molecule has 9 nitrogen and oxygen atoms in total. The highest BCUT2D eigenvalue weighted by molar-refractivity contribution is 6.07. The summed E-state index contributed by atoms with van der Waals surface area (Å²) in [6.07, 6.45) is 0.983. The summed E-state index contributed by atoms with van der Waals surface area (Å²) in [5.74, 6) is -4.45. The first-order valence-electron chi connectivity index (χ1n) is 8.30. The van der Waals surface area contributed by atoms with E-state index >= 15 is 0 Å². The summed E-state index contributed by atoms with van der Waals surface area (Å²) >= 11 is 0. The van der Waals surface area contributed by atoms with Gasteiger partial charge in [-0.3, -0.25) is 19.4 Å². The first kappa shape index (κ1) is 20.8. The number of nitrogens with one attached hydrogen (secondary N) is 1. The third kappa shape index (κ3) is 4.61. The number of aromatic nitrogens is 1. The molecule has 1 amide bonds. The number of benzene rings is 1. The summed E-state index contributed by atoms with van der Waals surface area (Å²) in [4.78, 5) is 53.1. The van der Waals surface area contributed by atoms with E-state index in [1.165, 1.54) is 12.3 Å². The highest BCUT2D eigenvalue weighted by Gasteiger charge is 2.39. The molecule has 2 aromatic rings. The van der Waals surface area contributed by atoms with Crippen molar-refractivity contribution in [3.05, 3.63) is 42.1 Å². The first-order chi connectivity index (χ1) is 13.4. The summed E-state index contributed by atoms with van der Waals surface area (Å²) < 4.78 is 13.9. The number of carbonyl (C=O) groups is 4. The fourth-order valence-corrected chi connectivity index (χ4v) is 2.72. The summed E-state index contributed by atoms with van der Waals surface area (Å²) in [6.45, 7) is 0. The van der Waals surface area contributed by atoms with Gasteiger partial charge in [0.05, 0.1) is 44.7 Å². The van der Waals surface area contributed by atoms with Crippen LogP contribution in [0.2, 0.25) is 0 Å². The van der Waals surface area contributed by atoms with Gasteiger partial charge in [-0.2, -0.15) is 0 Å². The van der Waals surface area contributed by atoms with Crippen molar-refractivity contribution >= 4 is 34.7 Å². The van der Waals surface area contributed by atoms with Crippen LogP contribution < -0.4 is 5.32 Å². The lowest BCUT2D eigenvalue weighted by Gasteiger charge is -2.23. The zero-order chi connectivity index (χ0) is 20.7. The largest absolute Gasteiger partial charge is 0.469 e. The van der Waals surface area contributed by atoms with Crippen LogP contribution in [0.5, 0.6) is 0 Å². The second-order valence-corrected chi connectivity index (χ2v) is 5.76. The van der Waals surface area contributed by atoms with E-state index in [1.54, 1.807) is 24.3 Å². The van der Waals surface area contributed by atoms with E-state index in [9.17, 15) is 19.2 Å². The van der Waals surface area contributed by atoms with Crippen LogP contribution in [0.1, 0.15) is 16.8 Å². The van der Waals surface area contributed by atoms with E-state index in [0.717, 1.165) is 21.3 Å². The maximum absolute atomic E-state index is 12.8. The quantitative estimate of drug-likeness (QED) is 0.548. The molecule has 0 saturated carbocycles. The Morgan fingerprint density at radius 3 is 2.29 bits per heavy atom. The van der Waals surface area contributed by atoms with Crippen LogP contribution in [-0.2, 0) is 28.6 Å². The van der Waals surface area contributed by atoms with Gasteiger partial charge < -0.3 is 19.5 Å². The van der Waals surface area contributed by atoms with Crippen LogP contribution in [-0.4, -0.2) is 56.2 Å². The SMILES string of the molecule is COC(=O)C[C@H](C(=O)OC)[C@@H](NC(=O)c1ccnc2ccccc12)C(=O)OC. The van der Waals surface area contributed by atoms with Gasteiger partial charge in [0, 0.05) is 11.6 Å². The number of ether oxygens (including phenoxy) is 3. The molecule has 0 bridgehead atoms. The Hall–Kier alpha value is -3.49. The number of nitrogens with zero attached hydrogens (tertiary/aromatic N) is 1. The molecule has 1 heterocycles.